The standard InChI is InChI=1S/C12H14ClFO3S/c1-8(6-11(15)17-2)18(16)7-9-4-3-5-10(14)12(9)13/h3-5,8H,6-7H2,1-2H3. The zero-order valence-corrected chi connectivity index (χ0v) is 11.7. The smallest absolute Gasteiger partial charge is 0.306 e. The van der Waals surface area contributed by atoms with E-state index in [9.17, 15) is 13.4 Å². The Morgan fingerprint density at radius 3 is 2.83 bits per heavy atom. The van der Waals surface area contributed by atoms with Crippen LogP contribution in [0.25, 0.3) is 0 Å². The maximum absolute atomic E-state index is 13.2. The van der Waals surface area contributed by atoms with Crippen LogP contribution in [0.1, 0.15) is 18.9 Å². The highest BCUT2D eigenvalue weighted by Gasteiger charge is 2.18. The number of esters is 1. The quantitative estimate of drug-likeness (QED) is 0.784. The van der Waals surface area contributed by atoms with Gasteiger partial charge in [0.2, 0.25) is 0 Å². The Morgan fingerprint density at radius 2 is 2.22 bits per heavy atom. The minimum atomic E-state index is -1.31. The highest BCUT2D eigenvalue weighted by atomic mass is 35.5. The van der Waals surface area contributed by atoms with Gasteiger partial charge in [0, 0.05) is 16.0 Å². The summed E-state index contributed by atoms with van der Waals surface area (Å²) in [7, 11) is -0.0292. The molecule has 0 aliphatic rings. The Morgan fingerprint density at radius 1 is 1.56 bits per heavy atom. The van der Waals surface area contributed by atoms with Crippen LogP contribution in [-0.4, -0.2) is 22.5 Å². The third kappa shape index (κ3) is 4.07. The first-order chi connectivity index (χ1) is 8.45. The zero-order chi connectivity index (χ0) is 13.7. The molecule has 0 aromatic heterocycles. The summed E-state index contributed by atoms with van der Waals surface area (Å²) in [5, 5.41) is -0.382. The second-order valence-electron chi connectivity index (χ2n) is 3.83. The minimum Gasteiger partial charge on any atom is -0.469 e. The lowest BCUT2D eigenvalue weighted by Crippen LogP contribution is -2.18. The van der Waals surface area contributed by atoms with Crippen molar-refractivity contribution in [2.75, 3.05) is 7.11 Å². The van der Waals surface area contributed by atoms with Crippen molar-refractivity contribution in [2.45, 2.75) is 24.3 Å². The number of methoxy groups -OCH3 is 1. The molecule has 18 heavy (non-hydrogen) atoms. The molecule has 0 aliphatic carbocycles. The van der Waals surface area contributed by atoms with E-state index in [4.69, 9.17) is 11.6 Å². The molecule has 0 saturated heterocycles. The normalized spacial score (nSPS) is 14.0. The third-order valence-electron chi connectivity index (χ3n) is 2.46. The Balaban J connectivity index is 2.70. The Kier molecular flexibility index (Phi) is 5.75. The summed E-state index contributed by atoms with van der Waals surface area (Å²) in [6, 6.07) is 4.37. The molecule has 0 saturated carbocycles. The number of rotatable bonds is 5. The van der Waals surface area contributed by atoms with Crippen LogP contribution in [-0.2, 0) is 26.1 Å². The van der Waals surface area contributed by atoms with Crippen LogP contribution >= 0.6 is 11.6 Å². The number of hydrogen-bond donors (Lipinski definition) is 0. The molecule has 0 spiro atoms. The van der Waals surface area contributed by atoms with Crippen molar-refractivity contribution >= 4 is 28.4 Å². The summed E-state index contributed by atoms with van der Waals surface area (Å²) >= 11 is 5.77. The molecule has 0 heterocycles. The maximum atomic E-state index is 13.2. The SMILES string of the molecule is COC(=O)CC(C)S(=O)Cc1cccc(F)c1Cl. The average Bonchev–Trinajstić information content (AvgIpc) is 2.34. The fourth-order valence-electron chi connectivity index (χ4n) is 1.37. The largest absolute Gasteiger partial charge is 0.469 e. The fraction of sp³-hybridized carbons (Fsp3) is 0.417. The lowest BCUT2D eigenvalue weighted by Gasteiger charge is -2.11. The summed E-state index contributed by atoms with van der Waals surface area (Å²) in [6.07, 6.45) is 0.0655. The van der Waals surface area contributed by atoms with E-state index >= 15 is 0 Å². The summed E-state index contributed by atoms with van der Waals surface area (Å²) in [5.74, 6) is -0.831. The molecule has 0 N–H and O–H groups in total. The first kappa shape index (κ1) is 15.1. The van der Waals surface area contributed by atoms with Crippen LogP contribution in [0.2, 0.25) is 5.02 Å². The summed E-state index contributed by atoms with van der Waals surface area (Å²) < 4.78 is 29.6. The number of carbonyl (C=O) groups excluding carboxylic acids is 1. The fourth-order valence-corrected chi connectivity index (χ4v) is 2.79. The van der Waals surface area contributed by atoms with Crippen molar-refractivity contribution in [3.63, 3.8) is 0 Å². The van der Waals surface area contributed by atoms with Crippen LogP contribution in [0.3, 0.4) is 0 Å². The number of carbonyl (C=O) groups is 1. The molecule has 3 nitrogen and oxygen atoms in total. The highest BCUT2D eigenvalue weighted by Crippen LogP contribution is 2.22. The van der Waals surface area contributed by atoms with Gasteiger partial charge in [-0.2, -0.15) is 0 Å². The Bertz CT molecular complexity index is 465. The molecule has 1 aromatic carbocycles. The van der Waals surface area contributed by atoms with Crippen LogP contribution < -0.4 is 0 Å². The van der Waals surface area contributed by atoms with Crippen molar-refractivity contribution < 1.29 is 18.1 Å². The second-order valence-corrected chi connectivity index (χ2v) is 6.06. The number of benzene rings is 1. The molecule has 0 fully saturated rings. The van der Waals surface area contributed by atoms with Crippen LogP contribution in [0.4, 0.5) is 4.39 Å². The second kappa shape index (κ2) is 6.85. The van der Waals surface area contributed by atoms with Crippen molar-refractivity contribution in [1.29, 1.82) is 0 Å². The van der Waals surface area contributed by atoms with Crippen molar-refractivity contribution in [3.8, 4) is 0 Å². The molecule has 100 valence electrons. The van der Waals surface area contributed by atoms with Crippen LogP contribution in [0.15, 0.2) is 18.2 Å². The number of halogens is 2. The topological polar surface area (TPSA) is 43.4 Å². The van der Waals surface area contributed by atoms with E-state index < -0.39 is 22.6 Å². The summed E-state index contributed by atoms with van der Waals surface area (Å²) in [4.78, 5) is 11.1. The minimum absolute atomic E-state index is 0.0175. The van der Waals surface area contributed by atoms with E-state index in [1.807, 2.05) is 0 Å². The van der Waals surface area contributed by atoms with E-state index in [0.29, 0.717) is 5.56 Å². The molecule has 6 heteroatoms. The first-order valence-electron chi connectivity index (χ1n) is 5.32. The molecule has 0 aliphatic heterocycles. The van der Waals surface area contributed by atoms with Gasteiger partial charge in [-0.1, -0.05) is 30.7 Å². The molecule has 0 bridgehead atoms. The van der Waals surface area contributed by atoms with E-state index in [1.54, 1.807) is 13.0 Å². The van der Waals surface area contributed by atoms with Gasteiger partial charge in [-0.15, -0.1) is 0 Å². The molecule has 1 rings (SSSR count). The summed E-state index contributed by atoms with van der Waals surface area (Å²) in [5.41, 5.74) is 0.478. The molecular formula is C12H14ClFO3S. The third-order valence-corrected chi connectivity index (χ3v) is 4.54. The van der Waals surface area contributed by atoms with Crippen molar-refractivity contribution in [2.24, 2.45) is 0 Å². The highest BCUT2D eigenvalue weighted by molar-refractivity contribution is 7.84. The molecule has 2 unspecified atom stereocenters. The maximum Gasteiger partial charge on any atom is 0.306 e. The van der Waals surface area contributed by atoms with E-state index in [-0.39, 0.29) is 22.4 Å². The van der Waals surface area contributed by atoms with Gasteiger partial charge in [-0.05, 0) is 11.6 Å². The number of ether oxygens (including phenoxy) is 1. The van der Waals surface area contributed by atoms with E-state index in [1.165, 1.54) is 19.2 Å². The number of hydrogen-bond acceptors (Lipinski definition) is 3. The first-order valence-corrected chi connectivity index (χ1v) is 7.08. The van der Waals surface area contributed by atoms with Gasteiger partial charge in [-0.25, -0.2) is 4.39 Å². The van der Waals surface area contributed by atoms with E-state index in [0.717, 1.165) is 0 Å². The zero-order valence-electron chi connectivity index (χ0n) is 10.1. The Hall–Kier alpha value is -0.940. The monoisotopic (exact) mass is 292 g/mol. The van der Waals surface area contributed by atoms with Gasteiger partial charge in [0.15, 0.2) is 0 Å². The van der Waals surface area contributed by atoms with Crippen LogP contribution in [0.5, 0.6) is 0 Å². The van der Waals surface area contributed by atoms with Crippen molar-refractivity contribution in [1.82, 2.24) is 0 Å². The predicted molar refractivity (Wildman–Crippen MR) is 69.4 cm³/mol. The van der Waals surface area contributed by atoms with E-state index in [2.05, 4.69) is 4.74 Å². The summed E-state index contributed by atoms with van der Waals surface area (Å²) in [6.45, 7) is 1.68. The lowest BCUT2D eigenvalue weighted by molar-refractivity contribution is -0.140. The molecule has 0 amide bonds. The average molecular weight is 293 g/mol. The molecule has 1 aromatic rings. The molecular weight excluding hydrogens is 279 g/mol. The lowest BCUT2D eigenvalue weighted by atomic mass is 10.2. The van der Waals surface area contributed by atoms with Crippen LogP contribution in [0, 0.1) is 5.82 Å². The predicted octanol–water partition coefficient (Wildman–Crippen LogP) is 2.68. The van der Waals surface area contributed by atoms with Gasteiger partial charge in [-0.3, -0.25) is 9.00 Å². The molecule has 0 radical (unpaired) electrons. The Labute approximate surface area is 113 Å². The van der Waals surface area contributed by atoms with Gasteiger partial charge in [0.05, 0.1) is 24.3 Å². The molecule has 2 atom stereocenters. The van der Waals surface area contributed by atoms with Gasteiger partial charge in [0.1, 0.15) is 5.82 Å². The van der Waals surface area contributed by atoms with Gasteiger partial charge in [0.25, 0.3) is 0 Å². The van der Waals surface area contributed by atoms with Crippen molar-refractivity contribution in [3.05, 3.63) is 34.6 Å². The van der Waals surface area contributed by atoms with Gasteiger partial charge >= 0.3 is 5.97 Å². The van der Waals surface area contributed by atoms with Gasteiger partial charge < -0.3 is 4.74 Å².